The first-order valence-electron chi connectivity index (χ1n) is 6.25. The van der Waals surface area contributed by atoms with Crippen molar-refractivity contribution in [3.63, 3.8) is 0 Å². The molecule has 0 amide bonds. The molecule has 1 N–H and O–H groups in total. The first-order chi connectivity index (χ1) is 6.88. The topological polar surface area (TPSA) is 23.5 Å². The summed E-state index contributed by atoms with van der Waals surface area (Å²) in [6, 6.07) is 1.34. The zero-order chi connectivity index (χ0) is 9.54. The standard InChI is InChI=1S/C12H21NO/c14-8-11-2-1-5-13(11)12-7-9-3-4-10(12)6-9/h9-12,14H,1-8H2. The summed E-state index contributed by atoms with van der Waals surface area (Å²) in [7, 11) is 0. The van der Waals surface area contributed by atoms with Crippen molar-refractivity contribution in [2.45, 2.75) is 50.6 Å². The van der Waals surface area contributed by atoms with E-state index in [4.69, 9.17) is 0 Å². The number of aliphatic hydroxyl groups excluding tert-OH is 1. The van der Waals surface area contributed by atoms with Gasteiger partial charge in [0, 0.05) is 12.1 Å². The van der Waals surface area contributed by atoms with Gasteiger partial charge in [-0.25, -0.2) is 0 Å². The van der Waals surface area contributed by atoms with E-state index in [2.05, 4.69) is 4.90 Å². The molecule has 80 valence electrons. The minimum atomic E-state index is 0.383. The maximum absolute atomic E-state index is 9.33. The van der Waals surface area contributed by atoms with Crippen LogP contribution >= 0.6 is 0 Å². The zero-order valence-corrected chi connectivity index (χ0v) is 8.86. The first-order valence-corrected chi connectivity index (χ1v) is 6.25. The molecule has 2 bridgehead atoms. The fourth-order valence-electron chi connectivity index (χ4n) is 4.11. The molecule has 14 heavy (non-hydrogen) atoms. The normalized spacial score (nSPS) is 47.8. The van der Waals surface area contributed by atoms with Gasteiger partial charge in [-0.2, -0.15) is 0 Å². The Labute approximate surface area is 86.3 Å². The quantitative estimate of drug-likeness (QED) is 0.724. The van der Waals surface area contributed by atoms with Crippen molar-refractivity contribution < 1.29 is 5.11 Å². The molecule has 0 aromatic rings. The number of hydrogen-bond donors (Lipinski definition) is 1. The molecule has 2 nitrogen and oxygen atoms in total. The molecule has 3 rings (SSSR count). The van der Waals surface area contributed by atoms with E-state index in [1.165, 1.54) is 45.1 Å². The van der Waals surface area contributed by atoms with E-state index in [0.29, 0.717) is 12.6 Å². The summed E-state index contributed by atoms with van der Waals surface area (Å²) in [6.07, 6.45) is 8.40. The van der Waals surface area contributed by atoms with Gasteiger partial charge in [-0.1, -0.05) is 6.42 Å². The van der Waals surface area contributed by atoms with Gasteiger partial charge in [0.1, 0.15) is 0 Å². The van der Waals surface area contributed by atoms with Crippen LogP contribution in [0.1, 0.15) is 38.5 Å². The third kappa shape index (κ3) is 1.31. The van der Waals surface area contributed by atoms with Gasteiger partial charge < -0.3 is 5.11 Å². The van der Waals surface area contributed by atoms with Crippen LogP contribution < -0.4 is 0 Å². The summed E-state index contributed by atoms with van der Waals surface area (Å²) in [5.74, 6) is 2.01. The molecule has 4 atom stereocenters. The van der Waals surface area contributed by atoms with Gasteiger partial charge in [0.05, 0.1) is 6.61 Å². The highest BCUT2D eigenvalue weighted by Crippen LogP contribution is 2.47. The third-order valence-electron chi connectivity index (χ3n) is 4.76. The predicted molar refractivity (Wildman–Crippen MR) is 56.0 cm³/mol. The van der Waals surface area contributed by atoms with Crippen LogP contribution in [0.4, 0.5) is 0 Å². The number of aliphatic hydroxyl groups is 1. The van der Waals surface area contributed by atoms with Gasteiger partial charge in [0.2, 0.25) is 0 Å². The largest absolute Gasteiger partial charge is 0.395 e. The molecule has 1 aliphatic heterocycles. The molecule has 3 fully saturated rings. The van der Waals surface area contributed by atoms with Gasteiger partial charge >= 0.3 is 0 Å². The van der Waals surface area contributed by atoms with Crippen molar-refractivity contribution in [2.24, 2.45) is 11.8 Å². The van der Waals surface area contributed by atoms with E-state index in [1.807, 2.05) is 0 Å². The number of rotatable bonds is 2. The molecule has 0 spiro atoms. The van der Waals surface area contributed by atoms with Crippen LogP contribution in [-0.2, 0) is 0 Å². The van der Waals surface area contributed by atoms with Crippen LogP contribution in [-0.4, -0.2) is 35.2 Å². The lowest BCUT2D eigenvalue weighted by molar-refractivity contribution is 0.0891. The Bertz CT molecular complexity index is 214. The maximum atomic E-state index is 9.33. The number of hydrogen-bond acceptors (Lipinski definition) is 2. The number of fused-ring (bicyclic) bond motifs is 2. The van der Waals surface area contributed by atoms with E-state index in [-0.39, 0.29) is 0 Å². The molecule has 1 saturated heterocycles. The highest BCUT2D eigenvalue weighted by molar-refractivity contribution is 4.98. The van der Waals surface area contributed by atoms with E-state index in [9.17, 15) is 5.11 Å². The smallest absolute Gasteiger partial charge is 0.0586 e. The summed E-state index contributed by atoms with van der Waals surface area (Å²) >= 11 is 0. The second kappa shape index (κ2) is 3.49. The van der Waals surface area contributed by atoms with Crippen LogP contribution in [0.3, 0.4) is 0 Å². The molecule has 0 aromatic heterocycles. The van der Waals surface area contributed by atoms with Crippen molar-refractivity contribution >= 4 is 0 Å². The summed E-state index contributed by atoms with van der Waals surface area (Å²) in [6.45, 7) is 1.63. The first kappa shape index (κ1) is 9.17. The minimum absolute atomic E-state index is 0.383. The highest BCUT2D eigenvalue weighted by Gasteiger charge is 2.44. The Balaban J connectivity index is 1.70. The molecule has 0 aromatic carbocycles. The molecule has 3 aliphatic rings. The minimum Gasteiger partial charge on any atom is -0.395 e. The van der Waals surface area contributed by atoms with Crippen LogP contribution in [0, 0.1) is 11.8 Å². The molecular formula is C12H21NO. The van der Waals surface area contributed by atoms with E-state index < -0.39 is 0 Å². The Hall–Kier alpha value is -0.0800. The third-order valence-corrected chi connectivity index (χ3v) is 4.76. The van der Waals surface area contributed by atoms with Crippen LogP contribution in [0.2, 0.25) is 0 Å². The summed E-state index contributed by atoms with van der Waals surface area (Å²) in [4.78, 5) is 2.63. The van der Waals surface area contributed by atoms with Crippen LogP contribution in [0.5, 0.6) is 0 Å². The SMILES string of the molecule is OCC1CCCN1C1CC2CCC1C2. The Morgan fingerprint density at radius 2 is 2.07 bits per heavy atom. The average molecular weight is 195 g/mol. The lowest BCUT2D eigenvalue weighted by Gasteiger charge is -2.35. The Morgan fingerprint density at radius 1 is 1.14 bits per heavy atom. The second-order valence-electron chi connectivity index (χ2n) is 5.46. The molecular weight excluding hydrogens is 174 g/mol. The molecule has 2 saturated carbocycles. The second-order valence-corrected chi connectivity index (χ2v) is 5.46. The Morgan fingerprint density at radius 3 is 2.71 bits per heavy atom. The van der Waals surface area contributed by atoms with E-state index >= 15 is 0 Å². The molecule has 4 unspecified atom stereocenters. The van der Waals surface area contributed by atoms with Crippen molar-refractivity contribution in [1.82, 2.24) is 4.90 Å². The summed E-state index contributed by atoms with van der Waals surface area (Å²) < 4.78 is 0. The lowest BCUT2D eigenvalue weighted by atomic mass is 9.93. The van der Waals surface area contributed by atoms with Crippen LogP contribution in [0.25, 0.3) is 0 Å². The highest BCUT2D eigenvalue weighted by atomic mass is 16.3. The monoisotopic (exact) mass is 195 g/mol. The Kier molecular flexibility index (Phi) is 2.29. The fourth-order valence-corrected chi connectivity index (χ4v) is 4.11. The van der Waals surface area contributed by atoms with Crippen molar-refractivity contribution in [2.75, 3.05) is 13.2 Å². The fraction of sp³-hybridized carbons (Fsp3) is 1.00. The number of nitrogens with zero attached hydrogens (tertiary/aromatic N) is 1. The zero-order valence-electron chi connectivity index (χ0n) is 8.86. The van der Waals surface area contributed by atoms with Gasteiger partial charge in [0.15, 0.2) is 0 Å². The summed E-state index contributed by atoms with van der Waals surface area (Å²) in [5, 5.41) is 9.33. The summed E-state index contributed by atoms with van der Waals surface area (Å²) in [5.41, 5.74) is 0. The van der Waals surface area contributed by atoms with Crippen LogP contribution in [0.15, 0.2) is 0 Å². The van der Waals surface area contributed by atoms with E-state index in [1.54, 1.807) is 0 Å². The average Bonchev–Trinajstić information content (AvgIpc) is 2.92. The molecule has 1 heterocycles. The molecule has 2 heteroatoms. The van der Waals surface area contributed by atoms with Gasteiger partial charge in [-0.05, 0) is 50.5 Å². The van der Waals surface area contributed by atoms with Crippen molar-refractivity contribution in [1.29, 1.82) is 0 Å². The van der Waals surface area contributed by atoms with Gasteiger partial charge in [-0.3, -0.25) is 4.90 Å². The lowest BCUT2D eigenvalue weighted by Crippen LogP contribution is -2.43. The molecule has 2 aliphatic carbocycles. The van der Waals surface area contributed by atoms with Crippen molar-refractivity contribution in [3.05, 3.63) is 0 Å². The predicted octanol–water partition coefficient (Wildman–Crippen LogP) is 1.63. The van der Waals surface area contributed by atoms with Crippen molar-refractivity contribution in [3.8, 4) is 0 Å². The molecule has 0 radical (unpaired) electrons. The number of likely N-dealkylation sites (tertiary alicyclic amines) is 1. The van der Waals surface area contributed by atoms with Gasteiger partial charge in [-0.15, -0.1) is 0 Å². The van der Waals surface area contributed by atoms with Gasteiger partial charge in [0.25, 0.3) is 0 Å². The maximum Gasteiger partial charge on any atom is 0.0586 e. The van der Waals surface area contributed by atoms with E-state index in [0.717, 1.165) is 17.9 Å².